The van der Waals surface area contributed by atoms with Gasteiger partial charge in [0.05, 0.1) is 7.11 Å². The van der Waals surface area contributed by atoms with Crippen LogP contribution in [-0.4, -0.2) is 7.11 Å². The van der Waals surface area contributed by atoms with Crippen molar-refractivity contribution < 1.29 is 4.74 Å². The fourth-order valence-corrected chi connectivity index (χ4v) is 1.80. The molecule has 0 bridgehead atoms. The number of benzene rings is 1. The lowest BCUT2D eigenvalue weighted by Crippen LogP contribution is -2.11. The van der Waals surface area contributed by atoms with Crippen molar-refractivity contribution in [2.24, 2.45) is 5.41 Å². The molecule has 1 nitrogen and oxygen atoms in total. The van der Waals surface area contributed by atoms with Crippen LogP contribution in [-0.2, 0) is 6.42 Å². The fourth-order valence-electron chi connectivity index (χ4n) is 1.80. The van der Waals surface area contributed by atoms with Crippen molar-refractivity contribution in [3.63, 3.8) is 0 Å². The van der Waals surface area contributed by atoms with Crippen molar-refractivity contribution >= 4 is 0 Å². The number of rotatable bonds is 6. The van der Waals surface area contributed by atoms with E-state index in [1.54, 1.807) is 7.11 Å². The Morgan fingerprint density at radius 2 is 2.12 bits per heavy atom. The molecule has 88 valence electrons. The Bertz CT molecular complexity index is 339. The van der Waals surface area contributed by atoms with Gasteiger partial charge in [0.2, 0.25) is 0 Å². The fraction of sp³-hybridized carbons (Fsp3) is 0.467. The topological polar surface area (TPSA) is 9.23 Å². The molecule has 0 aliphatic rings. The van der Waals surface area contributed by atoms with Crippen LogP contribution in [0.4, 0.5) is 0 Å². The first-order chi connectivity index (χ1) is 7.57. The SMILES string of the molecule is C=CCC(C)(C)CCc1cccc(OC)c1. The molecule has 0 aliphatic carbocycles. The third kappa shape index (κ3) is 4.09. The van der Waals surface area contributed by atoms with Gasteiger partial charge in [0.1, 0.15) is 5.75 Å². The first kappa shape index (κ1) is 12.8. The minimum Gasteiger partial charge on any atom is -0.497 e. The van der Waals surface area contributed by atoms with Crippen molar-refractivity contribution in [1.82, 2.24) is 0 Å². The molecule has 0 aromatic heterocycles. The van der Waals surface area contributed by atoms with Gasteiger partial charge in [0.25, 0.3) is 0 Å². The maximum atomic E-state index is 5.22. The number of aryl methyl sites for hydroxylation is 1. The average molecular weight is 218 g/mol. The summed E-state index contributed by atoms with van der Waals surface area (Å²) in [6.07, 6.45) is 5.34. The molecule has 0 heterocycles. The second-order valence-corrected chi connectivity index (χ2v) is 5.01. The van der Waals surface area contributed by atoms with E-state index in [9.17, 15) is 0 Å². The molecule has 0 saturated heterocycles. The molecule has 0 N–H and O–H groups in total. The first-order valence-electron chi connectivity index (χ1n) is 5.81. The van der Waals surface area contributed by atoms with Crippen LogP contribution in [0.3, 0.4) is 0 Å². The highest BCUT2D eigenvalue weighted by Crippen LogP contribution is 2.27. The molecular formula is C15H22O. The Kier molecular flexibility index (Phi) is 4.60. The Hall–Kier alpha value is -1.24. The van der Waals surface area contributed by atoms with Gasteiger partial charge < -0.3 is 4.74 Å². The largest absolute Gasteiger partial charge is 0.497 e. The van der Waals surface area contributed by atoms with Crippen LogP contribution in [0.15, 0.2) is 36.9 Å². The zero-order valence-electron chi connectivity index (χ0n) is 10.6. The summed E-state index contributed by atoms with van der Waals surface area (Å²) in [4.78, 5) is 0. The van der Waals surface area contributed by atoms with Crippen LogP contribution in [0.5, 0.6) is 5.75 Å². The van der Waals surface area contributed by atoms with E-state index in [0.717, 1.165) is 18.6 Å². The van der Waals surface area contributed by atoms with Crippen LogP contribution in [0.25, 0.3) is 0 Å². The molecule has 0 spiro atoms. The molecule has 16 heavy (non-hydrogen) atoms. The minimum absolute atomic E-state index is 0.338. The Morgan fingerprint density at radius 1 is 1.38 bits per heavy atom. The van der Waals surface area contributed by atoms with E-state index in [4.69, 9.17) is 4.74 Å². The van der Waals surface area contributed by atoms with E-state index in [-0.39, 0.29) is 0 Å². The molecule has 1 rings (SSSR count). The van der Waals surface area contributed by atoms with E-state index in [1.165, 1.54) is 12.0 Å². The molecular weight excluding hydrogens is 196 g/mol. The van der Waals surface area contributed by atoms with Crippen molar-refractivity contribution in [2.45, 2.75) is 33.1 Å². The predicted octanol–water partition coefficient (Wildman–Crippen LogP) is 4.23. The quantitative estimate of drug-likeness (QED) is 0.649. The summed E-state index contributed by atoms with van der Waals surface area (Å²) in [5.41, 5.74) is 1.68. The van der Waals surface area contributed by atoms with Gasteiger partial charge in [-0.15, -0.1) is 6.58 Å². The lowest BCUT2D eigenvalue weighted by molar-refractivity contribution is 0.340. The normalized spacial score (nSPS) is 11.2. The third-order valence-electron chi connectivity index (χ3n) is 2.92. The Balaban J connectivity index is 2.56. The molecule has 1 aromatic rings. The van der Waals surface area contributed by atoms with Crippen LogP contribution in [0.1, 0.15) is 32.3 Å². The first-order valence-corrected chi connectivity index (χ1v) is 5.81. The molecule has 0 unspecified atom stereocenters. The van der Waals surface area contributed by atoms with Gasteiger partial charge in [0.15, 0.2) is 0 Å². The predicted molar refractivity (Wildman–Crippen MR) is 69.9 cm³/mol. The average Bonchev–Trinajstić information content (AvgIpc) is 2.27. The van der Waals surface area contributed by atoms with Crippen LogP contribution >= 0.6 is 0 Å². The van der Waals surface area contributed by atoms with Gasteiger partial charge in [0, 0.05) is 0 Å². The van der Waals surface area contributed by atoms with Gasteiger partial charge in [-0.2, -0.15) is 0 Å². The van der Waals surface area contributed by atoms with Gasteiger partial charge >= 0.3 is 0 Å². The van der Waals surface area contributed by atoms with Crippen molar-refractivity contribution in [1.29, 1.82) is 0 Å². The van der Waals surface area contributed by atoms with Gasteiger partial charge in [-0.3, -0.25) is 0 Å². The number of methoxy groups -OCH3 is 1. The highest BCUT2D eigenvalue weighted by molar-refractivity contribution is 5.28. The number of hydrogen-bond donors (Lipinski definition) is 0. The summed E-state index contributed by atoms with van der Waals surface area (Å²) in [5.74, 6) is 0.944. The zero-order chi connectivity index (χ0) is 12.0. The summed E-state index contributed by atoms with van der Waals surface area (Å²) in [7, 11) is 1.71. The van der Waals surface area contributed by atoms with Crippen LogP contribution < -0.4 is 4.74 Å². The molecule has 0 aliphatic heterocycles. The summed E-state index contributed by atoms with van der Waals surface area (Å²) < 4.78 is 5.22. The Labute approximate surface area is 99.1 Å². The van der Waals surface area contributed by atoms with Gasteiger partial charge in [-0.05, 0) is 42.4 Å². The molecule has 0 atom stereocenters. The number of hydrogen-bond acceptors (Lipinski definition) is 1. The summed E-state index contributed by atoms with van der Waals surface area (Å²) >= 11 is 0. The second kappa shape index (κ2) is 5.74. The number of ether oxygens (including phenoxy) is 1. The van der Waals surface area contributed by atoms with E-state index >= 15 is 0 Å². The maximum absolute atomic E-state index is 5.22. The summed E-state index contributed by atoms with van der Waals surface area (Å²) in [5, 5.41) is 0. The highest BCUT2D eigenvalue weighted by Gasteiger charge is 2.15. The van der Waals surface area contributed by atoms with Crippen LogP contribution in [0.2, 0.25) is 0 Å². The smallest absolute Gasteiger partial charge is 0.119 e. The van der Waals surface area contributed by atoms with E-state index < -0.39 is 0 Å². The van der Waals surface area contributed by atoms with Crippen LogP contribution in [0, 0.1) is 5.41 Å². The monoisotopic (exact) mass is 218 g/mol. The zero-order valence-corrected chi connectivity index (χ0v) is 10.6. The summed E-state index contributed by atoms with van der Waals surface area (Å²) in [6, 6.07) is 8.31. The van der Waals surface area contributed by atoms with Gasteiger partial charge in [-0.25, -0.2) is 0 Å². The van der Waals surface area contributed by atoms with E-state index in [2.05, 4.69) is 38.6 Å². The summed E-state index contributed by atoms with van der Waals surface area (Å²) in [6.45, 7) is 8.38. The highest BCUT2D eigenvalue weighted by atomic mass is 16.5. The van der Waals surface area contributed by atoms with E-state index in [0.29, 0.717) is 5.41 Å². The number of allylic oxidation sites excluding steroid dienone is 1. The minimum atomic E-state index is 0.338. The molecule has 0 radical (unpaired) electrons. The van der Waals surface area contributed by atoms with E-state index in [1.807, 2.05) is 12.1 Å². The van der Waals surface area contributed by atoms with Crippen molar-refractivity contribution in [3.05, 3.63) is 42.5 Å². The van der Waals surface area contributed by atoms with Crippen molar-refractivity contribution in [3.8, 4) is 5.75 Å². The Morgan fingerprint density at radius 3 is 2.75 bits per heavy atom. The molecule has 1 aromatic carbocycles. The lowest BCUT2D eigenvalue weighted by atomic mass is 9.83. The molecule has 0 amide bonds. The maximum Gasteiger partial charge on any atom is 0.119 e. The lowest BCUT2D eigenvalue weighted by Gasteiger charge is -2.22. The standard InChI is InChI=1S/C15H22O/c1-5-10-15(2,3)11-9-13-7-6-8-14(12-13)16-4/h5-8,12H,1,9-11H2,2-4H3. The molecule has 0 fully saturated rings. The molecule has 1 heteroatoms. The second-order valence-electron chi connectivity index (χ2n) is 5.01. The van der Waals surface area contributed by atoms with Crippen molar-refractivity contribution in [2.75, 3.05) is 7.11 Å². The third-order valence-corrected chi connectivity index (χ3v) is 2.92. The van der Waals surface area contributed by atoms with Gasteiger partial charge in [-0.1, -0.05) is 32.1 Å². The molecule has 0 saturated carbocycles.